The molecule has 0 amide bonds. The van der Waals surface area contributed by atoms with Crippen molar-refractivity contribution in [1.82, 2.24) is 0 Å². The Morgan fingerprint density at radius 1 is 1.00 bits per heavy atom. The van der Waals surface area contributed by atoms with Crippen molar-refractivity contribution in [3.05, 3.63) is 59.7 Å². The van der Waals surface area contributed by atoms with Crippen molar-refractivity contribution in [2.24, 2.45) is 0 Å². The predicted octanol–water partition coefficient (Wildman–Crippen LogP) is 4.31. The van der Waals surface area contributed by atoms with Crippen LogP contribution in [0.25, 0.3) is 0 Å². The van der Waals surface area contributed by atoms with Gasteiger partial charge in [0.1, 0.15) is 5.75 Å². The second-order valence-electron chi connectivity index (χ2n) is 5.68. The summed E-state index contributed by atoms with van der Waals surface area (Å²) in [5.74, 6) is 6.97. The molecule has 0 atom stereocenters. The summed E-state index contributed by atoms with van der Waals surface area (Å²) < 4.78 is 10.1. The number of hydrogen-bond donors (Lipinski definition) is 1. The number of carbonyl (C=O) groups is 1. The van der Waals surface area contributed by atoms with Crippen LogP contribution >= 0.6 is 0 Å². The fourth-order valence-electron chi connectivity index (χ4n) is 2.38. The number of benzene rings is 2. The van der Waals surface area contributed by atoms with E-state index in [-0.39, 0.29) is 5.97 Å². The molecule has 26 heavy (non-hydrogen) atoms. The van der Waals surface area contributed by atoms with Crippen LogP contribution in [0, 0.1) is 11.8 Å². The van der Waals surface area contributed by atoms with E-state index in [1.807, 2.05) is 24.3 Å². The van der Waals surface area contributed by atoms with E-state index in [4.69, 9.17) is 9.47 Å². The first-order valence-corrected chi connectivity index (χ1v) is 8.82. The van der Waals surface area contributed by atoms with E-state index < -0.39 is 0 Å². The first kappa shape index (κ1) is 19.4. The third-order valence-corrected chi connectivity index (χ3v) is 3.80. The van der Waals surface area contributed by atoms with Crippen molar-refractivity contribution in [3.63, 3.8) is 0 Å². The van der Waals surface area contributed by atoms with Gasteiger partial charge in [-0.2, -0.15) is 0 Å². The second-order valence-corrected chi connectivity index (χ2v) is 5.68. The molecule has 0 fully saturated rings. The third-order valence-electron chi connectivity index (χ3n) is 3.80. The fourth-order valence-corrected chi connectivity index (χ4v) is 2.38. The summed E-state index contributed by atoms with van der Waals surface area (Å²) in [7, 11) is 1.67. The molecule has 0 aliphatic carbocycles. The van der Waals surface area contributed by atoms with Crippen LogP contribution in [0.15, 0.2) is 48.5 Å². The van der Waals surface area contributed by atoms with Gasteiger partial charge in [-0.25, -0.2) is 4.79 Å². The van der Waals surface area contributed by atoms with Crippen LogP contribution in [0.5, 0.6) is 5.75 Å². The lowest BCUT2D eigenvalue weighted by atomic mass is 10.1. The van der Waals surface area contributed by atoms with Gasteiger partial charge in [-0.15, -0.1) is 11.8 Å². The van der Waals surface area contributed by atoms with E-state index in [2.05, 4.69) is 29.3 Å². The van der Waals surface area contributed by atoms with Crippen LogP contribution in [0.4, 0.5) is 5.69 Å². The normalized spacial score (nSPS) is 9.77. The number of hydrogen-bond acceptors (Lipinski definition) is 4. The van der Waals surface area contributed by atoms with Gasteiger partial charge >= 0.3 is 5.97 Å². The lowest BCUT2D eigenvalue weighted by molar-refractivity contribution is 0.0526. The van der Waals surface area contributed by atoms with E-state index in [9.17, 15) is 4.79 Å². The summed E-state index contributed by atoms with van der Waals surface area (Å²) in [4.78, 5) is 11.6. The highest BCUT2D eigenvalue weighted by molar-refractivity contribution is 5.89. The molecular weight excluding hydrogens is 326 g/mol. The number of ether oxygens (including phenoxy) is 2. The number of nitrogens with one attached hydrogen (secondary N) is 1. The number of rotatable bonds is 8. The molecule has 4 nitrogen and oxygen atoms in total. The average molecular weight is 351 g/mol. The van der Waals surface area contributed by atoms with Crippen molar-refractivity contribution in [3.8, 4) is 17.6 Å². The molecule has 0 bridgehead atoms. The van der Waals surface area contributed by atoms with Crippen molar-refractivity contribution in [2.45, 2.75) is 26.2 Å². The zero-order valence-corrected chi connectivity index (χ0v) is 15.4. The maximum absolute atomic E-state index is 11.6. The third kappa shape index (κ3) is 6.52. The van der Waals surface area contributed by atoms with Gasteiger partial charge in [0, 0.05) is 25.1 Å². The predicted molar refractivity (Wildman–Crippen MR) is 105 cm³/mol. The fraction of sp³-hybridized carbons (Fsp3) is 0.318. The van der Waals surface area contributed by atoms with Crippen LogP contribution < -0.4 is 10.1 Å². The van der Waals surface area contributed by atoms with Crippen LogP contribution in [-0.4, -0.2) is 26.2 Å². The zero-order chi connectivity index (χ0) is 18.6. The van der Waals surface area contributed by atoms with E-state index in [1.54, 1.807) is 26.2 Å². The lowest BCUT2D eigenvalue weighted by Gasteiger charge is -2.05. The molecule has 0 heterocycles. The highest BCUT2D eigenvalue weighted by Crippen LogP contribution is 2.12. The Bertz CT molecular complexity index is 740. The van der Waals surface area contributed by atoms with Crippen LogP contribution in [0.3, 0.4) is 0 Å². The topological polar surface area (TPSA) is 47.6 Å². The quantitative estimate of drug-likeness (QED) is 0.437. The molecule has 0 aliphatic rings. The van der Waals surface area contributed by atoms with Crippen molar-refractivity contribution < 1.29 is 14.3 Å². The second kappa shape index (κ2) is 10.8. The molecule has 4 heteroatoms. The molecule has 0 unspecified atom stereocenters. The summed E-state index contributed by atoms with van der Waals surface area (Å²) in [6.45, 7) is 2.95. The summed E-state index contributed by atoms with van der Waals surface area (Å²) in [5, 5.41) is 3.30. The SMILES string of the molecule is CCOC(=O)c1ccc(NCCC#CCCc2ccc(OC)cc2)cc1. The van der Waals surface area contributed by atoms with Gasteiger partial charge < -0.3 is 14.8 Å². The van der Waals surface area contributed by atoms with Gasteiger partial charge in [-0.3, -0.25) is 0 Å². The van der Waals surface area contributed by atoms with Crippen molar-refractivity contribution >= 4 is 11.7 Å². The minimum absolute atomic E-state index is 0.290. The monoisotopic (exact) mass is 351 g/mol. The number of anilines is 1. The maximum Gasteiger partial charge on any atom is 0.338 e. The Balaban J connectivity index is 1.65. The van der Waals surface area contributed by atoms with Gasteiger partial charge in [0.2, 0.25) is 0 Å². The molecule has 1 N–H and O–H groups in total. The van der Waals surface area contributed by atoms with Crippen molar-refractivity contribution in [2.75, 3.05) is 25.6 Å². The Labute approximate surface area is 155 Å². The van der Waals surface area contributed by atoms with Gasteiger partial charge in [-0.1, -0.05) is 12.1 Å². The Morgan fingerprint density at radius 3 is 2.35 bits per heavy atom. The van der Waals surface area contributed by atoms with Gasteiger partial charge in [0.25, 0.3) is 0 Å². The molecule has 0 saturated carbocycles. The molecule has 2 aromatic carbocycles. The first-order valence-electron chi connectivity index (χ1n) is 8.82. The Kier molecular flexibility index (Phi) is 8.08. The van der Waals surface area contributed by atoms with E-state index in [0.717, 1.165) is 37.2 Å². The first-order chi connectivity index (χ1) is 12.7. The van der Waals surface area contributed by atoms with Crippen LogP contribution in [0.1, 0.15) is 35.7 Å². The number of esters is 1. The van der Waals surface area contributed by atoms with Gasteiger partial charge in [0.15, 0.2) is 0 Å². The molecule has 0 aromatic heterocycles. The largest absolute Gasteiger partial charge is 0.497 e. The molecular formula is C22H25NO3. The lowest BCUT2D eigenvalue weighted by Crippen LogP contribution is -2.05. The molecule has 0 radical (unpaired) electrons. The molecule has 0 saturated heterocycles. The minimum atomic E-state index is -0.290. The maximum atomic E-state index is 11.6. The Morgan fingerprint density at radius 2 is 1.69 bits per heavy atom. The highest BCUT2D eigenvalue weighted by Gasteiger charge is 2.04. The van der Waals surface area contributed by atoms with E-state index in [1.165, 1.54) is 5.56 Å². The van der Waals surface area contributed by atoms with Crippen LogP contribution in [-0.2, 0) is 11.2 Å². The molecule has 2 aromatic rings. The van der Waals surface area contributed by atoms with E-state index >= 15 is 0 Å². The Hall–Kier alpha value is -2.93. The number of aryl methyl sites for hydroxylation is 1. The highest BCUT2D eigenvalue weighted by atomic mass is 16.5. The minimum Gasteiger partial charge on any atom is -0.497 e. The zero-order valence-electron chi connectivity index (χ0n) is 15.4. The van der Waals surface area contributed by atoms with Crippen LogP contribution in [0.2, 0.25) is 0 Å². The molecule has 0 aliphatic heterocycles. The molecule has 2 rings (SSSR count). The summed E-state index contributed by atoms with van der Waals surface area (Å²) >= 11 is 0. The summed E-state index contributed by atoms with van der Waals surface area (Å²) in [6, 6.07) is 15.4. The summed E-state index contributed by atoms with van der Waals surface area (Å²) in [5.41, 5.74) is 2.80. The summed E-state index contributed by atoms with van der Waals surface area (Å²) in [6.07, 6.45) is 2.57. The number of carbonyl (C=O) groups excluding carboxylic acids is 1. The number of methoxy groups -OCH3 is 1. The molecule has 136 valence electrons. The van der Waals surface area contributed by atoms with Gasteiger partial charge in [0.05, 0.1) is 19.3 Å². The molecule has 0 spiro atoms. The van der Waals surface area contributed by atoms with Crippen molar-refractivity contribution in [1.29, 1.82) is 0 Å². The van der Waals surface area contributed by atoms with E-state index in [0.29, 0.717) is 12.2 Å². The van der Waals surface area contributed by atoms with Gasteiger partial charge in [-0.05, 0) is 55.3 Å². The standard InChI is InChI=1S/C22H25NO3/c1-3-26-22(24)19-11-13-20(14-12-19)23-17-7-5-4-6-8-18-9-15-21(25-2)16-10-18/h9-16,23H,3,6-8,17H2,1-2H3. The smallest absolute Gasteiger partial charge is 0.338 e. The average Bonchev–Trinajstić information content (AvgIpc) is 2.68.